The van der Waals surface area contributed by atoms with Gasteiger partial charge >= 0.3 is 0 Å². The van der Waals surface area contributed by atoms with E-state index in [9.17, 15) is 13.2 Å². The number of ether oxygens (including phenoxy) is 1. The van der Waals surface area contributed by atoms with Crippen LogP contribution in [0.3, 0.4) is 0 Å². The van der Waals surface area contributed by atoms with Crippen LogP contribution in [0.2, 0.25) is 0 Å². The number of morpholine rings is 1. The lowest BCUT2D eigenvalue weighted by atomic mass is 10.1. The minimum Gasteiger partial charge on any atom is -0.373 e. The summed E-state index contributed by atoms with van der Waals surface area (Å²) in [5.41, 5.74) is 1.49. The Kier molecular flexibility index (Phi) is 7.64. The average molecular weight is 443 g/mol. The molecule has 1 saturated heterocycles. The maximum atomic E-state index is 13.2. The number of rotatable bonds is 8. The summed E-state index contributed by atoms with van der Waals surface area (Å²) in [4.78, 5) is 15.0. The largest absolute Gasteiger partial charge is 0.373 e. The van der Waals surface area contributed by atoms with Gasteiger partial charge in [-0.2, -0.15) is 4.31 Å². The summed E-state index contributed by atoms with van der Waals surface area (Å²) in [6.45, 7) is 8.97. The van der Waals surface area contributed by atoms with Gasteiger partial charge in [0.1, 0.15) is 0 Å². The molecule has 0 saturated carbocycles. The van der Waals surface area contributed by atoms with Gasteiger partial charge in [0.25, 0.3) is 5.91 Å². The first kappa shape index (κ1) is 23.2. The summed E-state index contributed by atoms with van der Waals surface area (Å²) in [6.07, 6.45) is 2.04. The summed E-state index contributed by atoms with van der Waals surface area (Å²) in [7, 11) is -3.71. The van der Waals surface area contributed by atoms with Gasteiger partial charge < -0.3 is 9.64 Å². The second kappa shape index (κ2) is 10.2. The minimum atomic E-state index is -3.71. The predicted molar refractivity (Wildman–Crippen MR) is 121 cm³/mol. The van der Waals surface area contributed by atoms with Crippen molar-refractivity contribution in [3.8, 4) is 0 Å². The van der Waals surface area contributed by atoms with E-state index in [1.54, 1.807) is 29.2 Å². The topological polar surface area (TPSA) is 66.9 Å². The zero-order valence-electron chi connectivity index (χ0n) is 18.1. The first-order valence-electron chi connectivity index (χ1n) is 10.5. The normalized spacial score (nSPS) is 19.7. The number of amides is 1. The number of hydrogen-bond donors (Lipinski definition) is 0. The molecule has 2 aromatic rings. The molecule has 1 heterocycles. The van der Waals surface area contributed by atoms with Crippen molar-refractivity contribution in [2.75, 3.05) is 26.2 Å². The lowest BCUT2D eigenvalue weighted by Crippen LogP contribution is -2.48. The number of sulfonamides is 1. The third-order valence-electron chi connectivity index (χ3n) is 5.25. The number of nitrogens with zero attached hydrogens (tertiary/aromatic N) is 2. The van der Waals surface area contributed by atoms with Crippen LogP contribution in [0.4, 0.5) is 0 Å². The first-order chi connectivity index (χ1) is 14.8. The molecule has 0 radical (unpaired) electrons. The van der Waals surface area contributed by atoms with Gasteiger partial charge in [-0.15, -0.1) is 6.58 Å². The van der Waals surface area contributed by atoms with Crippen molar-refractivity contribution in [3.05, 3.63) is 78.4 Å². The molecular weight excluding hydrogens is 412 g/mol. The molecule has 0 bridgehead atoms. The van der Waals surface area contributed by atoms with Gasteiger partial charge in [0.15, 0.2) is 0 Å². The highest BCUT2D eigenvalue weighted by Crippen LogP contribution is 2.22. The molecule has 0 aliphatic carbocycles. The first-order valence-corrected chi connectivity index (χ1v) is 11.9. The van der Waals surface area contributed by atoms with Gasteiger partial charge in [0.2, 0.25) is 10.0 Å². The quantitative estimate of drug-likeness (QED) is 0.588. The van der Waals surface area contributed by atoms with E-state index in [-0.39, 0.29) is 23.0 Å². The Hall–Kier alpha value is -2.48. The van der Waals surface area contributed by atoms with Gasteiger partial charge in [0.05, 0.1) is 17.1 Å². The van der Waals surface area contributed by atoms with Crippen LogP contribution in [0.25, 0.3) is 0 Å². The van der Waals surface area contributed by atoms with Crippen molar-refractivity contribution in [2.45, 2.75) is 37.4 Å². The van der Waals surface area contributed by atoms with Crippen molar-refractivity contribution < 1.29 is 17.9 Å². The van der Waals surface area contributed by atoms with Gasteiger partial charge in [-0.05, 0) is 44.0 Å². The Labute approximate surface area is 185 Å². The monoisotopic (exact) mass is 442 g/mol. The zero-order chi connectivity index (χ0) is 22.4. The van der Waals surface area contributed by atoms with Crippen molar-refractivity contribution >= 4 is 15.9 Å². The van der Waals surface area contributed by atoms with Gasteiger partial charge in [0, 0.05) is 31.7 Å². The Morgan fingerprint density at radius 1 is 1.13 bits per heavy atom. The maximum absolute atomic E-state index is 13.2. The van der Waals surface area contributed by atoms with E-state index in [0.717, 1.165) is 5.56 Å². The summed E-state index contributed by atoms with van der Waals surface area (Å²) >= 11 is 0. The standard InChI is InChI=1S/C24H30N2O4S/c1-4-14-25(15-13-21-9-6-5-7-10-21)24(27)22-11-8-12-23(16-22)31(28,29)26-17-19(2)30-20(3)18-26/h4-12,16,19-20H,1,13-15,17-18H2,2-3H3. The zero-order valence-corrected chi connectivity index (χ0v) is 18.9. The van der Waals surface area contributed by atoms with Crippen molar-refractivity contribution in [2.24, 2.45) is 0 Å². The van der Waals surface area contributed by atoms with Crippen molar-refractivity contribution in [1.29, 1.82) is 0 Å². The summed E-state index contributed by atoms with van der Waals surface area (Å²) in [6, 6.07) is 16.2. The van der Waals surface area contributed by atoms with Gasteiger partial charge in [-0.1, -0.05) is 42.5 Å². The molecule has 0 N–H and O–H groups in total. The highest BCUT2D eigenvalue weighted by atomic mass is 32.2. The molecule has 1 aliphatic heterocycles. The number of hydrogen-bond acceptors (Lipinski definition) is 4. The molecule has 31 heavy (non-hydrogen) atoms. The molecular formula is C24H30N2O4S. The van der Waals surface area contributed by atoms with Crippen LogP contribution in [0.1, 0.15) is 29.8 Å². The van der Waals surface area contributed by atoms with Crippen LogP contribution < -0.4 is 0 Å². The summed E-state index contributed by atoms with van der Waals surface area (Å²) in [5.74, 6) is -0.211. The smallest absolute Gasteiger partial charge is 0.254 e. The van der Waals surface area contributed by atoms with Crippen LogP contribution >= 0.6 is 0 Å². The van der Waals surface area contributed by atoms with Gasteiger partial charge in [-0.3, -0.25) is 4.79 Å². The molecule has 166 valence electrons. The van der Waals surface area contributed by atoms with E-state index in [0.29, 0.717) is 38.2 Å². The number of carbonyl (C=O) groups is 1. The lowest BCUT2D eigenvalue weighted by molar-refractivity contribution is -0.0440. The predicted octanol–water partition coefficient (Wildman–Crippen LogP) is 3.36. The lowest BCUT2D eigenvalue weighted by Gasteiger charge is -2.34. The third-order valence-corrected chi connectivity index (χ3v) is 7.08. The Bertz CT molecular complexity index is 997. The van der Waals surface area contributed by atoms with Crippen LogP contribution in [0.5, 0.6) is 0 Å². The minimum absolute atomic E-state index is 0.126. The number of benzene rings is 2. The fourth-order valence-corrected chi connectivity index (χ4v) is 5.43. The Morgan fingerprint density at radius 3 is 2.45 bits per heavy atom. The van der Waals surface area contributed by atoms with Crippen LogP contribution in [-0.4, -0.2) is 61.9 Å². The van der Waals surface area contributed by atoms with E-state index >= 15 is 0 Å². The molecule has 1 fully saturated rings. The molecule has 0 aromatic heterocycles. The van der Waals surface area contributed by atoms with E-state index < -0.39 is 10.0 Å². The highest BCUT2D eigenvalue weighted by molar-refractivity contribution is 7.89. The molecule has 3 rings (SSSR count). The summed E-state index contributed by atoms with van der Waals surface area (Å²) < 4.78 is 33.5. The number of carbonyl (C=O) groups excluding carboxylic acids is 1. The van der Waals surface area contributed by atoms with Crippen molar-refractivity contribution in [3.63, 3.8) is 0 Å². The fraction of sp³-hybridized carbons (Fsp3) is 0.375. The molecule has 6 nitrogen and oxygen atoms in total. The van der Waals surface area contributed by atoms with Gasteiger partial charge in [-0.25, -0.2) is 8.42 Å². The molecule has 7 heteroatoms. The van der Waals surface area contributed by atoms with E-state index in [4.69, 9.17) is 4.74 Å². The molecule has 1 aliphatic rings. The van der Waals surface area contributed by atoms with Crippen molar-refractivity contribution in [1.82, 2.24) is 9.21 Å². The van der Waals surface area contributed by atoms with Crippen LogP contribution in [-0.2, 0) is 21.2 Å². The molecule has 0 spiro atoms. The molecule has 2 atom stereocenters. The Balaban J connectivity index is 1.79. The third kappa shape index (κ3) is 5.81. The average Bonchev–Trinajstić information content (AvgIpc) is 2.76. The van der Waals surface area contributed by atoms with Crippen LogP contribution in [0.15, 0.2) is 72.1 Å². The second-order valence-electron chi connectivity index (χ2n) is 7.88. The summed E-state index contributed by atoms with van der Waals surface area (Å²) in [5, 5.41) is 0. The van der Waals surface area contributed by atoms with E-state index in [2.05, 4.69) is 6.58 Å². The molecule has 2 unspecified atom stereocenters. The Morgan fingerprint density at radius 2 is 1.81 bits per heavy atom. The molecule has 2 aromatic carbocycles. The van der Waals surface area contributed by atoms with Crippen LogP contribution in [0, 0.1) is 0 Å². The fourth-order valence-electron chi connectivity index (χ4n) is 3.79. The second-order valence-corrected chi connectivity index (χ2v) is 9.82. The van der Waals surface area contributed by atoms with E-state index in [1.165, 1.54) is 10.4 Å². The maximum Gasteiger partial charge on any atom is 0.254 e. The van der Waals surface area contributed by atoms with E-state index in [1.807, 2.05) is 44.2 Å². The molecule has 1 amide bonds. The SMILES string of the molecule is C=CCN(CCc1ccccc1)C(=O)c1cccc(S(=O)(=O)N2CC(C)OC(C)C2)c1. The highest BCUT2D eigenvalue weighted by Gasteiger charge is 2.32.